The van der Waals surface area contributed by atoms with Crippen molar-refractivity contribution >= 4 is 23.2 Å². The summed E-state index contributed by atoms with van der Waals surface area (Å²) < 4.78 is 11.0. The number of nitrogens with zero attached hydrogens (tertiary/aromatic N) is 1. The highest BCUT2D eigenvalue weighted by molar-refractivity contribution is 5.98. The molecular weight excluding hydrogens is 430 g/mol. The molecule has 2 aromatic carbocycles. The summed E-state index contributed by atoms with van der Waals surface area (Å²) in [5.41, 5.74) is 2.77. The lowest BCUT2D eigenvalue weighted by molar-refractivity contribution is -0.135. The Bertz CT molecular complexity index is 943. The van der Waals surface area contributed by atoms with Crippen LogP contribution in [0.15, 0.2) is 48.5 Å². The minimum Gasteiger partial charge on any atom is -0.497 e. The van der Waals surface area contributed by atoms with Gasteiger partial charge in [-0.1, -0.05) is 38.0 Å². The maximum absolute atomic E-state index is 13.1. The standard InChI is InChI=1S/C27H37N3O4/c1-4-5-14-25(27(32)28-22-11-9-12-23(18-22)30-15-6-7-16-30)29-26(31)20(2)34-19-21-10-8-13-24(17-21)33-3/h8-13,17-18,20,25H,4-7,14-16,19H2,1-3H3,(H,28,32)(H,29,31). The second kappa shape index (κ2) is 13.0. The summed E-state index contributed by atoms with van der Waals surface area (Å²) in [4.78, 5) is 28.2. The molecule has 0 aromatic heterocycles. The number of hydrogen-bond donors (Lipinski definition) is 2. The van der Waals surface area contributed by atoms with Crippen molar-refractivity contribution < 1.29 is 19.1 Å². The Hall–Kier alpha value is -3.06. The SMILES string of the molecule is CCCCC(NC(=O)C(C)OCc1cccc(OC)c1)C(=O)Nc1cccc(N2CCCC2)c1. The smallest absolute Gasteiger partial charge is 0.249 e. The topological polar surface area (TPSA) is 79.9 Å². The summed E-state index contributed by atoms with van der Waals surface area (Å²) in [6.45, 7) is 6.13. The number of anilines is 2. The fourth-order valence-corrected chi connectivity index (χ4v) is 4.01. The predicted molar refractivity (Wildman–Crippen MR) is 135 cm³/mol. The quantitative estimate of drug-likeness (QED) is 0.480. The molecule has 0 saturated carbocycles. The first-order valence-corrected chi connectivity index (χ1v) is 12.2. The van der Waals surface area contributed by atoms with Crippen LogP contribution >= 0.6 is 0 Å². The number of carbonyl (C=O) groups excluding carboxylic acids is 2. The maximum Gasteiger partial charge on any atom is 0.249 e. The van der Waals surface area contributed by atoms with Gasteiger partial charge in [-0.2, -0.15) is 0 Å². The molecule has 2 N–H and O–H groups in total. The monoisotopic (exact) mass is 467 g/mol. The van der Waals surface area contributed by atoms with Gasteiger partial charge in [0.1, 0.15) is 17.9 Å². The molecule has 0 radical (unpaired) electrons. The van der Waals surface area contributed by atoms with Gasteiger partial charge >= 0.3 is 0 Å². The summed E-state index contributed by atoms with van der Waals surface area (Å²) in [5.74, 6) is 0.230. The van der Waals surface area contributed by atoms with E-state index in [0.29, 0.717) is 6.42 Å². The van der Waals surface area contributed by atoms with Crippen molar-refractivity contribution in [3.63, 3.8) is 0 Å². The van der Waals surface area contributed by atoms with E-state index < -0.39 is 12.1 Å². The van der Waals surface area contributed by atoms with E-state index >= 15 is 0 Å². The lowest BCUT2D eigenvalue weighted by atomic mass is 10.1. The van der Waals surface area contributed by atoms with Crippen molar-refractivity contribution in [1.29, 1.82) is 0 Å². The minimum atomic E-state index is -0.693. The van der Waals surface area contributed by atoms with Crippen molar-refractivity contribution in [2.45, 2.75) is 64.7 Å². The van der Waals surface area contributed by atoms with Gasteiger partial charge in [-0.15, -0.1) is 0 Å². The molecule has 1 aliphatic rings. The number of rotatable bonds is 12. The third-order valence-corrected chi connectivity index (χ3v) is 6.07. The molecule has 3 rings (SSSR count). The van der Waals surface area contributed by atoms with E-state index in [-0.39, 0.29) is 18.4 Å². The Kier molecular flexibility index (Phi) is 9.76. The van der Waals surface area contributed by atoms with Crippen LogP contribution < -0.4 is 20.3 Å². The van der Waals surface area contributed by atoms with Crippen molar-refractivity contribution in [2.75, 3.05) is 30.4 Å². The number of amides is 2. The lowest BCUT2D eigenvalue weighted by Crippen LogP contribution is -2.47. The summed E-state index contributed by atoms with van der Waals surface area (Å²) in [5, 5.41) is 5.88. The van der Waals surface area contributed by atoms with Crippen LogP contribution in [-0.2, 0) is 20.9 Å². The molecule has 2 aromatic rings. The summed E-state index contributed by atoms with van der Waals surface area (Å²) >= 11 is 0. The predicted octanol–water partition coefficient (Wildman–Crippen LogP) is 4.51. The average molecular weight is 468 g/mol. The first-order valence-electron chi connectivity index (χ1n) is 12.2. The fraction of sp³-hybridized carbons (Fsp3) is 0.481. The van der Waals surface area contributed by atoms with Gasteiger partial charge in [0.25, 0.3) is 0 Å². The van der Waals surface area contributed by atoms with Crippen LogP contribution in [0.4, 0.5) is 11.4 Å². The Balaban J connectivity index is 1.57. The number of methoxy groups -OCH3 is 1. The van der Waals surface area contributed by atoms with Crippen LogP contribution in [0.3, 0.4) is 0 Å². The Labute approximate surface area is 202 Å². The number of benzene rings is 2. The van der Waals surface area contributed by atoms with Gasteiger partial charge in [-0.05, 0) is 62.1 Å². The Morgan fingerprint density at radius 3 is 2.56 bits per heavy atom. The van der Waals surface area contributed by atoms with E-state index in [1.54, 1.807) is 14.0 Å². The van der Waals surface area contributed by atoms with E-state index in [1.165, 1.54) is 12.8 Å². The average Bonchev–Trinajstić information content (AvgIpc) is 3.40. The van der Waals surface area contributed by atoms with Crippen molar-refractivity contribution in [3.05, 3.63) is 54.1 Å². The zero-order chi connectivity index (χ0) is 24.3. The van der Waals surface area contributed by atoms with Crippen LogP contribution in [0.1, 0.15) is 51.5 Å². The number of nitrogens with one attached hydrogen (secondary N) is 2. The van der Waals surface area contributed by atoms with E-state index in [0.717, 1.165) is 48.6 Å². The van der Waals surface area contributed by atoms with Gasteiger partial charge in [0.15, 0.2) is 0 Å². The highest BCUT2D eigenvalue weighted by Crippen LogP contribution is 2.23. The molecule has 0 spiro atoms. The molecule has 1 aliphatic heterocycles. The molecule has 7 nitrogen and oxygen atoms in total. The van der Waals surface area contributed by atoms with Gasteiger partial charge in [-0.3, -0.25) is 9.59 Å². The minimum absolute atomic E-state index is 0.208. The zero-order valence-electron chi connectivity index (χ0n) is 20.5. The summed E-state index contributed by atoms with van der Waals surface area (Å²) in [6.07, 6.45) is 4.04. The van der Waals surface area contributed by atoms with E-state index in [2.05, 4.69) is 28.5 Å². The van der Waals surface area contributed by atoms with Crippen LogP contribution in [0.5, 0.6) is 5.75 Å². The summed E-state index contributed by atoms with van der Waals surface area (Å²) in [6, 6.07) is 14.8. The third-order valence-electron chi connectivity index (χ3n) is 6.07. The normalized spacial score (nSPS) is 15.0. The molecule has 0 aliphatic carbocycles. The molecule has 0 bridgehead atoms. The van der Waals surface area contributed by atoms with Crippen LogP contribution in [0.25, 0.3) is 0 Å². The maximum atomic E-state index is 13.1. The van der Waals surface area contributed by atoms with Gasteiger partial charge in [-0.25, -0.2) is 0 Å². The van der Waals surface area contributed by atoms with Gasteiger partial charge in [0, 0.05) is 24.5 Å². The first kappa shape index (κ1) is 25.6. The first-order chi connectivity index (χ1) is 16.5. The van der Waals surface area contributed by atoms with Crippen molar-refractivity contribution in [1.82, 2.24) is 5.32 Å². The van der Waals surface area contributed by atoms with Crippen LogP contribution in [0.2, 0.25) is 0 Å². The Morgan fingerprint density at radius 2 is 1.82 bits per heavy atom. The number of carbonyl (C=O) groups is 2. The van der Waals surface area contributed by atoms with Gasteiger partial charge in [0.2, 0.25) is 11.8 Å². The van der Waals surface area contributed by atoms with Crippen molar-refractivity contribution in [2.24, 2.45) is 0 Å². The molecule has 2 atom stereocenters. The molecule has 34 heavy (non-hydrogen) atoms. The molecule has 1 saturated heterocycles. The highest BCUT2D eigenvalue weighted by atomic mass is 16.5. The Morgan fingerprint density at radius 1 is 1.06 bits per heavy atom. The third kappa shape index (κ3) is 7.48. The number of unbranched alkanes of at least 4 members (excludes halogenated alkanes) is 1. The van der Waals surface area contributed by atoms with Crippen LogP contribution in [-0.4, -0.2) is 44.2 Å². The van der Waals surface area contributed by atoms with Crippen molar-refractivity contribution in [3.8, 4) is 5.75 Å². The molecule has 7 heteroatoms. The van der Waals surface area contributed by atoms with Gasteiger partial charge < -0.3 is 25.0 Å². The second-order valence-corrected chi connectivity index (χ2v) is 8.74. The molecule has 2 amide bonds. The highest BCUT2D eigenvalue weighted by Gasteiger charge is 2.24. The number of hydrogen-bond acceptors (Lipinski definition) is 5. The zero-order valence-corrected chi connectivity index (χ0v) is 20.5. The van der Waals surface area contributed by atoms with Gasteiger partial charge in [0.05, 0.1) is 13.7 Å². The summed E-state index contributed by atoms with van der Waals surface area (Å²) in [7, 11) is 1.61. The molecule has 2 unspecified atom stereocenters. The molecule has 1 heterocycles. The second-order valence-electron chi connectivity index (χ2n) is 8.74. The lowest BCUT2D eigenvalue weighted by Gasteiger charge is -2.22. The number of ether oxygens (including phenoxy) is 2. The van der Waals surface area contributed by atoms with E-state index in [9.17, 15) is 9.59 Å². The van der Waals surface area contributed by atoms with E-state index in [4.69, 9.17) is 9.47 Å². The van der Waals surface area contributed by atoms with Crippen LogP contribution in [0, 0.1) is 0 Å². The molecular formula is C27H37N3O4. The molecule has 184 valence electrons. The largest absolute Gasteiger partial charge is 0.497 e. The molecule has 1 fully saturated rings. The fourth-order valence-electron chi connectivity index (χ4n) is 4.01. The van der Waals surface area contributed by atoms with E-state index in [1.807, 2.05) is 42.5 Å².